The van der Waals surface area contributed by atoms with Crippen LogP contribution in [-0.2, 0) is 4.74 Å². The van der Waals surface area contributed by atoms with Gasteiger partial charge in [0.05, 0.1) is 6.61 Å². The molecule has 2 rings (SSSR count). The molecule has 2 atom stereocenters. The maximum absolute atomic E-state index is 11.8. The number of aryl methyl sites for hydroxylation is 1. The van der Waals surface area contributed by atoms with Crippen molar-refractivity contribution in [1.82, 2.24) is 4.98 Å². The Morgan fingerprint density at radius 1 is 1.40 bits per heavy atom. The Balaban J connectivity index is 1.99. The molecule has 0 amide bonds. The lowest BCUT2D eigenvalue weighted by molar-refractivity contribution is 0.0519. The van der Waals surface area contributed by atoms with Gasteiger partial charge < -0.3 is 10.1 Å². The molecule has 0 aliphatic heterocycles. The van der Waals surface area contributed by atoms with Crippen LogP contribution in [0, 0.1) is 12.8 Å². The van der Waals surface area contributed by atoms with E-state index < -0.39 is 0 Å². The first-order valence-electron chi connectivity index (χ1n) is 7.51. The Morgan fingerprint density at radius 3 is 2.95 bits per heavy atom. The number of esters is 1. The average Bonchev–Trinajstić information content (AvgIpc) is 2.64. The van der Waals surface area contributed by atoms with E-state index in [1.54, 1.807) is 11.3 Å². The highest BCUT2D eigenvalue weighted by atomic mass is 32.1. The first-order chi connectivity index (χ1) is 9.60. The van der Waals surface area contributed by atoms with E-state index in [1.807, 2.05) is 13.8 Å². The third kappa shape index (κ3) is 3.95. The second kappa shape index (κ2) is 7.07. The Kier molecular flexibility index (Phi) is 5.40. The molecule has 1 aromatic heterocycles. The maximum Gasteiger partial charge on any atom is 0.358 e. The maximum atomic E-state index is 11.8. The zero-order valence-electron chi connectivity index (χ0n) is 12.6. The minimum Gasteiger partial charge on any atom is -0.461 e. The molecule has 1 aliphatic rings. The monoisotopic (exact) mass is 296 g/mol. The third-order valence-electron chi connectivity index (χ3n) is 3.85. The van der Waals surface area contributed by atoms with E-state index in [0.717, 1.165) is 15.9 Å². The van der Waals surface area contributed by atoms with Gasteiger partial charge in [0.2, 0.25) is 0 Å². The van der Waals surface area contributed by atoms with Gasteiger partial charge in [-0.3, -0.25) is 0 Å². The number of carbonyl (C=O) groups excluding carboxylic acids is 1. The molecule has 5 heteroatoms. The fraction of sp³-hybridized carbons (Fsp3) is 0.733. The minimum absolute atomic E-state index is 0.316. The Bertz CT molecular complexity index is 459. The fourth-order valence-electron chi connectivity index (χ4n) is 2.65. The molecule has 1 fully saturated rings. The van der Waals surface area contributed by atoms with Crippen molar-refractivity contribution in [2.45, 2.75) is 58.9 Å². The Hall–Kier alpha value is -1.10. The quantitative estimate of drug-likeness (QED) is 0.674. The Labute approximate surface area is 124 Å². The highest BCUT2D eigenvalue weighted by Crippen LogP contribution is 2.28. The van der Waals surface area contributed by atoms with E-state index in [0.29, 0.717) is 18.3 Å². The molecule has 2 unspecified atom stereocenters. The van der Waals surface area contributed by atoms with E-state index in [4.69, 9.17) is 4.74 Å². The van der Waals surface area contributed by atoms with Crippen molar-refractivity contribution in [3.8, 4) is 0 Å². The van der Waals surface area contributed by atoms with Crippen LogP contribution in [0.25, 0.3) is 0 Å². The van der Waals surface area contributed by atoms with Gasteiger partial charge in [0, 0.05) is 10.9 Å². The Morgan fingerprint density at radius 2 is 2.20 bits per heavy atom. The highest BCUT2D eigenvalue weighted by Gasteiger charge is 2.20. The van der Waals surface area contributed by atoms with E-state index in [9.17, 15) is 4.79 Å². The molecule has 20 heavy (non-hydrogen) atoms. The second-order valence-electron chi connectivity index (χ2n) is 5.60. The molecule has 0 radical (unpaired) electrons. The van der Waals surface area contributed by atoms with Gasteiger partial charge in [0.15, 0.2) is 10.8 Å². The lowest BCUT2D eigenvalue weighted by Gasteiger charge is -2.15. The first-order valence-corrected chi connectivity index (χ1v) is 8.33. The molecule has 0 bridgehead atoms. The van der Waals surface area contributed by atoms with Gasteiger partial charge in [0.1, 0.15) is 0 Å². The molecule has 1 N–H and O–H groups in total. The summed E-state index contributed by atoms with van der Waals surface area (Å²) in [6.45, 7) is 6.45. The van der Waals surface area contributed by atoms with Crippen LogP contribution in [0.2, 0.25) is 0 Å². The van der Waals surface area contributed by atoms with Crippen molar-refractivity contribution < 1.29 is 9.53 Å². The van der Waals surface area contributed by atoms with Crippen molar-refractivity contribution in [3.63, 3.8) is 0 Å². The topological polar surface area (TPSA) is 51.2 Å². The molecule has 1 saturated carbocycles. The van der Waals surface area contributed by atoms with Crippen molar-refractivity contribution in [1.29, 1.82) is 0 Å². The summed E-state index contributed by atoms with van der Waals surface area (Å²) in [5.74, 6) is 0.513. The average molecular weight is 296 g/mol. The molecule has 0 aromatic carbocycles. The number of anilines is 1. The third-order valence-corrected chi connectivity index (χ3v) is 4.75. The number of aromatic nitrogens is 1. The zero-order chi connectivity index (χ0) is 14.5. The molecule has 1 aliphatic carbocycles. The van der Waals surface area contributed by atoms with Gasteiger partial charge in [-0.1, -0.05) is 19.8 Å². The van der Waals surface area contributed by atoms with Crippen LogP contribution in [0.15, 0.2) is 0 Å². The van der Waals surface area contributed by atoms with Crippen LogP contribution in [-0.4, -0.2) is 23.6 Å². The number of hydrogen-bond donors (Lipinski definition) is 1. The molecule has 112 valence electrons. The van der Waals surface area contributed by atoms with E-state index in [2.05, 4.69) is 17.2 Å². The summed E-state index contributed by atoms with van der Waals surface area (Å²) >= 11 is 1.55. The molecular weight excluding hydrogens is 272 g/mol. The molecule has 1 heterocycles. The molecule has 1 aromatic rings. The minimum atomic E-state index is -0.316. The largest absolute Gasteiger partial charge is 0.461 e. The van der Waals surface area contributed by atoms with Gasteiger partial charge in [-0.15, -0.1) is 11.3 Å². The lowest BCUT2D eigenvalue weighted by atomic mass is 10.0. The van der Waals surface area contributed by atoms with E-state index in [-0.39, 0.29) is 5.97 Å². The number of carbonyl (C=O) groups is 1. The summed E-state index contributed by atoms with van der Waals surface area (Å²) in [6, 6.07) is 0.487. The van der Waals surface area contributed by atoms with Crippen LogP contribution >= 0.6 is 11.3 Å². The predicted octanol–water partition coefficient (Wildman–Crippen LogP) is 4.01. The van der Waals surface area contributed by atoms with Crippen LogP contribution in [0.4, 0.5) is 5.13 Å². The van der Waals surface area contributed by atoms with Gasteiger partial charge in [-0.2, -0.15) is 0 Å². The summed E-state index contributed by atoms with van der Waals surface area (Å²) in [7, 11) is 0. The van der Waals surface area contributed by atoms with Crippen LogP contribution in [0.1, 0.15) is 61.3 Å². The summed E-state index contributed by atoms with van der Waals surface area (Å²) in [4.78, 5) is 17.1. The van der Waals surface area contributed by atoms with Crippen molar-refractivity contribution in [2.24, 2.45) is 5.92 Å². The van der Waals surface area contributed by atoms with Crippen molar-refractivity contribution in [2.75, 3.05) is 11.9 Å². The van der Waals surface area contributed by atoms with Crippen molar-refractivity contribution in [3.05, 3.63) is 10.6 Å². The van der Waals surface area contributed by atoms with Gasteiger partial charge in [-0.05, 0) is 39.0 Å². The summed E-state index contributed by atoms with van der Waals surface area (Å²) in [5.41, 5.74) is 0.460. The number of hydrogen-bond acceptors (Lipinski definition) is 5. The number of nitrogens with zero attached hydrogens (tertiary/aromatic N) is 1. The smallest absolute Gasteiger partial charge is 0.358 e. The SMILES string of the molecule is CCOC(=O)c1nc(NC2CCCC(C)CC2)sc1C. The number of thiazole rings is 1. The van der Waals surface area contributed by atoms with Crippen LogP contribution in [0.3, 0.4) is 0 Å². The second-order valence-corrected chi connectivity index (χ2v) is 6.80. The van der Waals surface area contributed by atoms with Gasteiger partial charge >= 0.3 is 5.97 Å². The standard InChI is InChI=1S/C15H24N2O2S/c1-4-19-14(18)13-11(3)20-15(17-13)16-12-7-5-6-10(2)8-9-12/h10,12H,4-9H2,1-3H3,(H,16,17). The number of ether oxygens (including phenoxy) is 1. The summed E-state index contributed by atoms with van der Waals surface area (Å²) in [6.07, 6.45) is 6.25. The molecular formula is C15H24N2O2S. The molecule has 4 nitrogen and oxygen atoms in total. The van der Waals surface area contributed by atoms with Gasteiger partial charge in [-0.25, -0.2) is 9.78 Å². The lowest BCUT2D eigenvalue weighted by Crippen LogP contribution is -2.18. The normalized spacial score (nSPS) is 23.1. The van der Waals surface area contributed by atoms with Crippen LogP contribution < -0.4 is 5.32 Å². The fourth-order valence-corrected chi connectivity index (χ4v) is 3.53. The van der Waals surface area contributed by atoms with Crippen molar-refractivity contribution >= 4 is 22.4 Å². The number of rotatable bonds is 4. The summed E-state index contributed by atoms with van der Waals surface area (Å²) in [5, 5.41) is 4.35. The van der Waals surface area contributed by atoms with E-state index >= 15 is 0 Å². The first kappa shape index (κ1) is 15.3. The molecule has 0 saturated heterocycles. The number of nitrogens with one attached hydrogen (secondary N) is 1. The van der Waals surface area contributed by atoms with E-state index in [1.165, 1.54) is 32.1 Å². The molecule has 0 spiro atoms. The highest BCUT2D eigenvalue weighted by molar-refractivity contribution is 7.15. The summed E-state index contributed by atoms with van der Waals surface area (Å²) < 4.78 is 5.02. The predicted molar refractivity (Wildman–Crippen MR) is 82.5 cm³/mol. The zero-order valence-corrected chi connectivity index (χ0v) is 13.4. The van der Waals surface area contributed by atoms with Gasteiger partial charge in [0.25, 0.3) is 0 Å². The van der Waals surface area contributed by atoms with Crippen LogP contribution in [0.5, 0.6) is 0 Å².